The molecule has 0 aliphatic heterocycles. The first-order valence-corrected chi connectivity index (χ1v) is 5.24. The summed E-state index contributed by atoms with van der Waals surface area (Å²) in [5.74, 6) is 0.923. The molecule has 4 nitrogen and oxygen atoms in total. The fourth-order valence-corrected chi connectivity index (χ4v) is 1.48. The summed E-state index contributed by atoms with van der Waals surface area (Å²) in [6.07, 6.45) is 3.16. The summed E-state index contributed by atoms with van der Waals surface area (Å²) >= 11 is 5.71. The number of rotatable bonds is 3. The third-order valence-electron chi connectivity index (χ3n) is 2.08. The molecule has 2 heterocycles. The van der Waals surface area contributed by atoms with Crippen molar-refractivity contribution < 1.29 is 4.42 Å². The number of nitrogens with two attached hydrogens (primary N) is 1. The third-order valence-corrected chi connectivity index (χ3v) is 2.17. The van der Waals surface area contributed by atoms with Gasteiger partial charge in [-0.1, -0.05) is 18.2 Å². The highest BCUT2D eigenvalue weighted by Gasteiger charge is 2.13. The van der Waals surface area contributed by atoms with E-state index in [0.29, 0.717) is 22.9 Å². The molecular weight excluding hydrogens is 238 g/mol. The van der Waals surface area contributed by atoms with Crippen LogP contribution in [0.25, 0.3) is 0 Å². The van der Waals surface area contributed by atoms with Crippen LogP contribution in [0.15, 0.2) is 57.9 Å². The number of hydrogen-bond acceptors (Lipinski definition) is 4. The van der Waals surface area contributed by atoms with E-state index in [1.807, 2.05) is 0 Å². The maximum absolute atomic E-state index is 5.80. The van der Waals surface area contributed by atoms with E-state index in [1.54, 1.807) is 36.7 Å². The lowest BCUT2D eigenvalue weighted by Gasteiger charge is -2.05. The Morgan fingerprint density at radius 2 is 2.24 bits per heavy atom. The Bertz CT molecular complexity index is 561. The summed E-state index contributed by atoms with van der Waals surface area (Å²) in [4.78, 5) is 8.12. The quantitative estimate of drug-likeness (QED) is 0.670. The molecule has 0 saturated heterocycles. The van der Waals surface area contributed by atoms with Gasteiger partial charge in [-0.25, -0.2) is 9.98 Å². The average Bonchev–Trinajstić information content (AvgIpc) is 2.80. The van der Waals surface area contributed by atoms with Gasteiger partial charge in [0, 0.05) is 11.8 Å². The van der Waals surface area contributed by atoms with Crippen molar-refractivity contribution in [3.63, 3.8) is 0 Å². The fraction of sp³-hybridized carbons (Fsp3) is 0. The number of nitrogen functional groups attached to an aromatic ring is 1. The fourth-order valence-electron chi connectivity index (χ4n) is 1.40. The van der Waals surface area contributed by atoms with Crippen LogP contribution in [0.4, 0.5) is 5.82 Å². The Kier molecular flexibility index (Phi) is 3.25. The second-order valence-electron chi connectivity index (χ2n) is 3.25. The molecule has 0 spiro atoms. The molecule has 0 bridgehead atoms. The topological polar surface area (TPSA) is 64.4 Å². The lowest BCUT2D eigenvalue weighted by molar-refractivity contribution is 0.558. The molecular formula is C12H10ClN3O. The van der Waals surface area contributed by atoms with Gasteiger partial charge in [-0.3, -0.25) is 0 Å². The zero-order chi connectivity index (χ0) is 12.3. The van der Waals surface area contributed by atoms with Crippen LogP contribution in [-0.4, -0.2) is 10.7 Å². The second kappa shape index (κ2) is 4.84. The van der Waals surface area contributed by atoms with E-state index in [4.69, 9.17) is 21.8 Å². The Morgan fingerprint density at radius 1 is 1.41 bits per heavy atom. The van der Waals surface area contributed by atoms with Crippen LogP contribution in [0.5, 0.6) is 0 Å². The highest BCUT2D eigenvalue weighted by Crippen LogP contribution is 2.18. The van der Waals surface area contributed by atoms with Crippen LogP contribution in [0.3, 0.4) is 0 Å². The highest BCUT2D eigenvalue weighted by atomic mass is 35.5. The summed E-state index contributed by atoms with van der Waals surface area (Å²) in [6.45, 7) is 3.54. The number of aliphatic imine (C=N–C) groups is 1. The summed E-state index contributed by atoms with van der Waals surface area (Å²) in [5, 5.41) is 0.152. The summed E-state index contributed by atoms with van der Waals surface area (Å²) in [7, 11) is 0. The van der Waals surface area contributed by atoms with Gasteiger partial charge in [0.1, 0.15) is 16.7 Å². The van der Waals surface area contributed by atoms with Crippen LogP contribution in [0.1, 0.15) is 11.3 Å². The number of nitrogens with zero attached hydrogens (tertiary/aromatic N) is 2. The zero-order valence-corrected chi connectivity index (χ0v) is 9.69. The molecule has 2 rings (SSSR count). The maximum Gasteiger partial charge on any atom is 0.153 e. The molecule has 0 fully saturated rings. The second-order valence-corrected chi connectivity index (χ2v) is 3.69. The highest BCUT2D eigenvalue weighted by molar-refractivity contribution is 6.30. The molecule has 0 aliphatic carbocycles. The molecule has 0 atom stereocenters. The van der Waals surface area contributed by atoms with E-state index in [0.717, 1.165) is 0 Å². The van der Waals surface area contributed by atoms with E-state index in [9.17, 15) is 0 Å². The Labute approximate surface area is 103 Å². The predicted molar refractivity (Wildman–Crippen MR) is 68.0 cm³/mol. The predicted octanol–water partition coefficient (Wildman–Crippen LogP) is 2.80. The first kappa shape index (κ1) is 11.4. The SMILES string of the molecule is C=C(Cl)N=C(c1ccco1)c1cccnc1N. The third kappa shape index (κ3) is 2.54. The smallest absolute Gasteiger partial charge is 0.153 e. The lowest BCUT2D eigenvalue weighted by Crippen LogP contribution is -2.07. The van der Waals surface area contributed by atoms with Gasteiger partial charge in [0.15, 0.2) is 5.76 Å². The van der Waals surface area contributed by atoms with Gasteiger partial charge in [0.05, 0.1) is 6.26 Å². The zero-order valence-electron chi connectivity index (χ0n) is 8.93. The van der Waals surface area contributed by atoms with Gasteiger partial charge < -0.3 is 10.2 Å². The molecule has 0 aliphatic rings. The van der Waals surface area contributed by atoms with Crippen molar-refractivity contribution in [1.82, 2.24) is 4.98 Å². The van der Waals surface area contributed by atoms with E-state index in [1.165, 1.54) is 0 Å². The molecule has 0 unspecified atom stereocenters. The number of hydrogen-bond donors (Lipinski definition) is 1. The van der Waals surface area contributed by atoms with Gasteiger partial charge in [-0.05, 0) is 24.3 Å². The molecule has 0 saturated carbocycles. The molecule has 2 N–H and O–H groups in total. The number of pyridine rings is 1. The number of halogens is 1. The normalized spacial score (nSPS) is 11.5. The number of furan rings is 1. The van der Waals surface area contributed by atoms with Crippen molar-refractivity contribution in [3.8, 4) is 0 Å². The Balaban J connectivity index is 2.57. The van der Waals surface area contributed by atoms with Gasteiger partial charge >= 0.3 is 0 Å². The van der Waals surface area contributed by atoms with Crippen LogP contribution in [0, 0.1) is 0 Å². The first-order chi connectivity index (χ1) is 8.18. The molecule has 17 heavy (non-hydrogen) atoms. The van der Waals surface area contributed by atoms with Crippen LogP contribution < -0.4 is 5.73 Å². The van der Waals surface area contributed by atoms with E-state index in [-0.39, 0.29) is 5.16 Å². The molecule has 0 amide bonds. The average molecular weight is 248 g/mol. The number of anilines is 1. The molecule has 86 valence electrons. The first-order valence-electron chi connectivity index (χ1n) is 4.86. The summed E-state index contributed by atoms with van der Waals surface area (Å²) in [5.41, 5.74) is 6.97. The summed E-state index contributed by atoms with van der Waals surface area (Å²) in [6, 6.07) is 7.09. The van der Waals surface area contributed by atoms with E-state index >= 15 is 0 Å². The maximum atomic E-state index is 5.80. The standard InChI is InChI=1S/C12H10ClN3O/c1-8(13)16-11(10-5-3-7-17-10)9-4-2-6-15-12(9)14/h2-7H,1H2,(H2,14,15). The Morgan fingerprint density at radius 3 is 2.82 bits per heavy atom. The van der Waals surface area contributed by atoms with Gasteiger partial charge in [0.2, 0.25) is 0 Å². The molecule has 0 aromatic carbocycles. The summed E-state index contributed by atoms with van der Waals surface area (Å²) < 4.78 is 5.29. The van der Waals surface area contributed by atoms with Crippen LogP contribution in [0.2, 0.25) is 0 Å². The van der Waals surface area contributed by atoms with Gasteiger partial charge in [-0.2, -0.15) is 0 Å². The van der Waals surface area contributed by atoms with Gasteiger partial charge in [0.25, 0.3) is 0 Å². The largest absolute Gasteiger partial charge is 0.463 e. The minimum atomic E-state index is 0.152. The van der Waals surface area contributed by atoms with E-state index < -0.39 is 0 Å². The van der Waals surface area contributed by atoms with Crippen molar-refractivity contribution in [1.29, 1.82) is 0 Å². The van der Waals surface area contributed by atoms with Crippen molar-refractivity contribution in [2.75, 3.05) is 5.73 Å². The van der Waals surface area contributed by atoms with Crippen molar-refractivity contribution in [3.05, 3.63) is 59.8 Å². The minimum absolute atomic E-state index is 0.152. The lowest BCUT2D eigenvalue weighted by atomic mass is 10.1. The minimum Gasteiger partial charge on any atom is -0.463 e. The van der Waals surface area contributed by atoms with Crippen molar-refractivity contribution in [2.45, 2.75) is 0 Å². The van der Waals surface area contributed by atoms with Crippen LogP contribution in [-0.2, 0) is 0 Å². The number of aromatic nitrogens is 1. The monoisotopic (exact) mass is 247 g/mol. The van der Waals surface area contributed by atoms with Crippen molar-refractivity contribution >= 4 is 23.1 Å². The Hall–Kier alpha value is -2.07. The molecule has 5 heteroatoms. The molecule has 0 radical (unpaired) electrons. The van der Waals surface area contributed by atoms with Crippen LogP contribution >= 0.6 is 11.6 Å². The molecule has 2 aromatic heterocycles. The van der Waals surface area contributed by atoms with Gasteiger partial charge in [-0.15, -0.1) is 0 Å². The van der Waals surface area contributed by atoms with E-state index in [2.05, 4.69) is 16.6 Å². The molecule has 2 aromatic rings. The van der Waals surface area contributed by atoms with Crippen molar-refractivity contribution in [2.24, 2.45) is 4.99 Å².